The van der Waals surface area contributed by atoms with E-state index in [0.717, 1.165) is 40.3 Å². The van der Waals surface area contributed by atoms with Crippen LogP contribution in [-0.4, -0.2) is 27.6 Å². The lowest BCUT2D eigenvalue weighted by Crippen LogP contribution is -2.27. The molecule has 1 aliphatic carbocycles. The molecule has 0 spiro atoms. The minimum Gasteiger partial charge on any atom is -0.338 e. The lowest BCUT2D eigenvalue weighted by Gasteiger charge is -2.20. The minimum atomic E-state index is 0.695. The third-order valence-corrected chi connectivity index (χ3v) is 5.34. The van der Waals surface area contributed by atoms with Gasteiger partial charge in [-0.05, 0) is 53.7 Å². The van der Waals surface area contributed by atoms with E-state index in [4.69, 9.17) is 4.52 Å². The average Bonchev–Trinajstić information content (AvgIpc) is 3.02. The molecule has 114 valence electrons. The van der Waals surface area contributed by atoms with Crippen LogP contribution in [0.1, 0.15) is 39.0 Å². The maximum atomic E-state index is 5.43. The molecule has 4 nitrogen and oxygen atoms in total. The molecule has 1 aliphatic rings. The third kappa shape index (κ3) is 4.14. The Kier molecular flexibility index (Phi) is 4.76. The van der Waals surface area contributed by atoms with Gasteiger partial charge in [0, 0.05) is 15.9 Å². The summed E-state index contributed by atoms with van der Waals surface area (Å²) in [5.74, 6) is 2.15. The molecule has 0 atom stereocenters. The van der Waals surface area contributed by atoms with E-state index < -0.39 is 0 Å². The Balaban J connectivity index is 1.64. The fraction of sp³-hybridized carbons (Fsp3) is 0.600. The van der Waals surface area contributed by atoms with Gasteiger partial charge in [0.1, 0.15) is 0 Å². The van der Waals surface area contributed by atoms with E-state index >= 15 is 0 Å². The number of hydrogen-bond donors (Lipinski definition) is 0. The maximum Gasteiger partial charge on any atom is 0.241 e. The summed E-state index contributed by atoms with van der Waals surface area (Å²) in [5, 5.41) is 6.14. The van der Waals surface area contributed by atoms with E-state index in [1.165, 1.54) is 19.3 Å². The van der Waals surface area contributed by atoms with Crippen molar-refractivity contribution in [2.75, 3.05) is 6.54 Å². The highest BCUT2D eigenvalue weighted by Gasteiger charge is 2.30. The third-order valence-electron chi connectivity index (χ3n) is 3.65. The van der Waals surface area contributed by atoms with Gasteiger partial charge in [0.05, 0.1) is 11.4 Å². The van der Waals surface area contributed by atoms with Crippen molar-refractivity contribution in [3.63, 3.8) is 0 Å². The molecular formula is C15H20BrN3OS. The van der Waals surface area contributed by atoms with E-state index in [-0.39, 0.29) is 0 Å². The first kappa shape index (κ1) is 15.2. The number of halogens is 1. The first-order valence-electron chi connectivity index (χ1n) is 7.43. The van der Waals surface area contributed by atoms with Gasteiger partial charge in [0.2, 0.25) is 11.7 Å². The number of thiophene rings is 1. The molecule has 2 heterocycles. The van der Waals surface area contributed by atoms with Gasteiger partial charge in [-0.1, -0.05) is 19.0 Å². The van der Waals surface area contributed by atoms with E-state index in [1.807, 2.05) is 11.4 Å². The highest BCUT2D eigenvalue weighted by Crippen LogP contribution is 2.30. The average molecular weight is 370 g/mol. The molecule has 0 N–H and O–H groups in total. The minimum absolute atomic E-state index is 0.695. The SMILES string of the molecule is CC(C)CCN(Cc1nc(-c2cc(Br)cs2)no1)C1CC1. The van der Waals surface area contributed by atoms with Crippen LogP contribution in [-0.2, 0) is 6.54 Å². The predicted octanol–water partition coefficient (Wildman–Crippen LogP) is 4.57. The van der Waals surface area contributed by atoms with Gasteiger partial charge in [-0.15, -0.1) is 11.3 Å². The van der Waals surface area contributed by atoms with Crippen molar-refractivity contribution in [3.05, 3.63) is 21.8 Å². The van der Waals surface area contributed by atoms with E-state index in [9.17, 15) is 0 Å². The molecule has 1 saturated carbocycles. The van der Waals surface area contributed by atoms with Crippen LogP contribution in [0.2, 0.25) is 0 Å². The van der Waals surface area contributed by atoms with Crippen molar-refractivity contribution in [2.45, 2.75) is 45.7 Å². The summed E-state index contributed by atoms with van der Waals surface area (Å²) in [6, 6.07) is 2.74. The van der Waals surface area contributed by atoms with Crippen LogP contribution >= 0.6 is 27.3 Å². The Labute approximate surface area is 137 Å². The van der Waals surface area contributed by atoms with E-state index in [2.05, 4.69) is 44.8 Å². The quantitative estimate of drug-likeness (QED) is 0.716. The largest absolute Gasteiger partial charge is 0.338 e. The summed E-state index contributed by atoms with van der Waals surface area (Å²) in [6.07, 6.45) is 3.82. The molecule has 0 aliphatic heterocycles. The Morgan fingerprint density at radius 3 is 2.90 bits per heavy atom. The van der Waals surface area contributed by atoms with Crippen LogP contribution in [0.5, 0.6) is 0 Å². The molecule has 2 aromatic rings. The molecule has 0 saturated heterocycles. The van der Waals surface area contributed by atoms with Gasteiger partial charge in [-0.2, -0.15) is 4.98 Å². The van der Waals surface area contributed by atoms with Crippen LogP contribution in [0.4, 0.5) is 0 Å². The molecule has 0 amide bonds. The molecular weight excluding hydrogens is 350 g/mol. The number of aromatic nitrogens is 2. The van der Waals surface area contributed by atoms with E-state index in [0.29, 0.717) is 5.82 Å². The Morgan fingerprint density at radius 1 is 1.48 bits per heavy atom. The fourth-order valence-electron chi connectivity index (χ4n) is 2.28. The van der Waals surface area contributed by atoms with Crippen molar-refractivity contribution in [2.24, 2.45) is 5.92 Å². The topological polar surface area (TPSA) is 42.2 Å². The summed E-state index contributed by atoms with van der Waals surface area (Å²) >= 11 is 5.08. The molecule has 6 heteroatoms. The maximum absolute atomic E-state index is 5.43. The molecule has 0 bridgehead atoms. The monoisotopic (exact) mass is 369 g/mol. The Hall–Kier alpha value is -0.720. The van der Waals surface area contributed by atoms with Crippen molar-refractivity contribution in [3.8, 4) is 10.7 Å². The Morgan fingerprint density at radius 2 is 2.29 bits per heavy atom. The summed E-state index contributed by atoms with van der Waals surface area (Å²) in [5.41, 5.74) is 0. The zero-order valence-electron chi connectivity index (χ0n) is 12.4. The first-order valence-corrected chi connectivity index (χ1v) is 9.10. The zero-order chi connectivity index (χ0) is 14.8. The van der Waals surface area contributed by atoms with Crippen molar-refractivity contribution in [1.29, 1.82) is 0 Å². The molecule has 3 rings (SSSR count). The van der Waals surface area contributed by atoms with Gasteiger partial charge in [-0.25, -0.2) is 0 Å². The predicted molar refractivity (Wildman–Crippen MR) is 88.2 cm³/mol. The highest BCUT2D eigenvalue weighted by molar-refractivity contribution is 9.10. The Bertz CT molecular complexity index is 591. The number of hydrogen-bond acceptors (Lipinski definition) is 5. The second-order valence-electron chi connectivity index (χ2n) is 6.03. The number of nitrogens with zero attached hydrogens (tertiary/aromatic N) is 3. The molecule has 0 radical (unpaired) electrons. The van der Waals surface area contributed by atoms with Crippen molar-refractivity contribution in [1.82, 2.24) is 15.0 Å². The normalized spacial score (nSPS) is 15.3. The van der Waals surface area contributed by atoms with Crippen LogP contribution in [0.25, 0.3) is 10.7 Å². The molecule has 0 aromatic carbocycles. The van der Waals surface area contributed by atoms with E-state index in [1.54, 1.807) is 11.3 Å². The van der Waals surface area contributed by atoms with Gasteiger partial charge in [0.25, 0.3) is 0 Å². The van der Waals surface area contributed by atoms with Crippen LogP contribution in [0.15, 0.2) is 20.4 Å². The fourth-order valence-corrected chi connectivity index (χ4v) is 3.63. The zero-order valence-corrected chi connectivity index (χ0v) is 14.8. The van der Waals surface area contributed by atoms with Gasteiger partial charge >= 0.3 is 0 Å². The highest BCUT2D eigenvalue weighted by atomic mass is 79.9. The van der Waals surface area contributed by atoms with Crippen LogP contribution in [0, 0.1) is 5.92 Å². The van der Waals surface area contributed by atoms with Crippen molar-refractivity contribution >= 4 is 27.3 Å². The second kappa shape index (κ2) is 6.58. The van der Waals surface area contributed by atoms with Crippen LogP contribution < -0.4 is 0 Å². The lowest BCUT2D eigenvalue weighted by molar-refractivity contribution is 0.207. The summed E-state index contributed by atoms with van der Waals surface area (Å²) in [4.78, 5) is 8.07. The summed E-state index contributed by atoms with van der Waals surface area (Å²) in [7, 11) is 0. The molecule has 21 heavy (non-hydrogen) atoms. The standard InChI is InChI=1S/C15H20BrN3OS/c1-10(2)5-6-19(12-3-4-12)8-14-17-15(18-20-14)13-7-11(16)9-21-13/h7,9-10,12H,3-6,8H2,1-2H3. The van der Waals surface area contributed by atoms with Gasteiger partial charge in [-0.3, -0.25) is 4.90 Å². The number of rotatable bonds is 7. The smallest absolute Gasteiger partial charge is 0.241 e. The molecule has 0 unspecified atom stereocenters. The lowest BCUT2D eigenvalue weighted by atomic mass is 10.1. The second-order valence-corrected chi connectivity index (χ2v) is 7.85. The van der Waals surface area contributed by atoms with Gasteiger partial charge < -0.3 is 4.52 Å². The summed E-state index contributed by atoms with van der Waals surface area (Å²) in [6.45, 7) is 6.43. The molecule has 1 fully saturated rings. The van der Waals surface area contributed by atoms with Gasteiger partial charge in [0.15, 0.2) is 0 Å². The summed E-state index contributed by atoms with van der Waals surface area (Å²) < 4.78 is 6.49. The first-order chi connectivity index (χ1) is 10.1. The van der Waals surface area contributed by atoms with Crippen LogP contribution in [0.3, 0.4) is 0 Å². The van der Waals surface area contributed by atoms with Crippen molar-refractivity contribution < 1.29 is 4.52 Å². The molecule has 2 aromatic heterocycles.